The molecule has 1 aromatic carbocycles. The smallest absolute Gasteiger partial charge is 0.307 e. The second-order valence-electron chi connectivity index (χ2n) is 6.48. The quantitative estimate of drug-likeness (QED) is 0.868. The van der Waals surface area contributed by atoms with Crippen LogP contribution in [0.2, 0.25) is 5.02 Å². The number of hydrogen-bond donors (Lipinski definition) is 2. The van der Waals surface area contributed by atoms with Crippen molar-refractivity contribution >= 4 is 17.6 Å². The van der Waals surface area contributed by atoms with Crippen LogP contribution in [0.25, 0.3) is 0 Å². The number of carboxylic acids is 1. The van der Waals surface area contributed by atoms with E-state index >= 15 is 0 Å². The second kappa shape index (κ2) is 5.87. The number of ether oxygens (including phenoxy) is 2. The highest BCUT2D eigenvalue weighted by Crippen LogP contribution is 2.49. The highest BCUT2D eigenvalue weighted by atomic mass is 35.5. The van der Waals surface area contributed by atoms with E-state index in [-0.39, 0.29) is 12.0 Å². The van der Waals surface area contributed by atoms with Gasteiger partial charge in [0.1, 0.15) is 11.5 Å². The van der Waals surface area contributed by atoms with Crippen LogP contribution in [0.15, 0.2) is 0 Å². The molecule has 3 heterocycles. The monoisotopic (exact) mass is 337 g/mol. The van der Waals surface area contributed by atoms with Crippen molar-refractivity contribution in [2.75, 3.05) is 19.8 Å². The molecule has 2 atom stereocenters. The lowest BCUT2D eigenvalue weighted by Crippen LogP contribution is -2.23. The number of benzene rings is 1. The van der Waals surface area contributed by atoms with Crippen LogP contribution in [0, 0.1) is 5.92 Å². The van der Waals surface area contributed by atoms with Crippen molar-refractivity contribution in [2.24, 2.45) is 5.92 Å². The van der Waals surface area contributed by atoms with Crippen LogP contribution < -0.4 is 14.8 Å². The highest BCUT2D eigenvalue weighted by Gasteiger charge is 2.37. The first-order chi connectivity index (χ1) is 11.2. The van der Waals surface area contributed by atoms with E-state index in [2.05, 4.69) is 5.32 Å². The number of fused-ring (bicyclic) bond motifs is 2. The predicted octanol–water partition coefficient (Wildman–Crippen LogP) is 2.73. The van der Waals surface area contributed by atoms with Crippen LogP contribution in [-0.2, 0) is 17.6 Å². The van der Waals surface area contributed by atoms with Crippen molar-refractivity contribution in [3.63, 3.8) is 0 Å². The molecule has 0 aliphatic carbocycles. The van der Waals surface area contributed by atoms with Crippen molar-refractivity contribution in [1.82, 2.24) is 5.32 Å². The van der Waals surface area contributed by atoms with Crippen LogP contribution in [0.5, 0.6) is 11.5 Å². The summed E-state index contributed by atoms with van der Waals surface area (Å²) in [6.45, 7) is 1.86. The largest absolute Gasteiger partial charge is 0.493 e. The first-order valence-electron chi connectivity index (χ1n) is 8.25. The molecule has 0 aromatic heterocycles. The van der Waals surface area contributed by atoms with Crippen molar-refractivity contribution < 1.29 is 19.4 Å². The molecule has 1 saturated heterocycles. The molecule has 4 rings (SSSR count). The van der Waals surface area contributed by atoms with Gasteiger partial charge < -0.3 is 19.9 Å². The summed E-state index contributed by atoms with van der Waals surface area (Å²) in [5.74, 6) is 0.565. The third kappa shape index (κ3) is 2.46. The highest BCUT2D eigenvalue weighted by molar-refractivity contribution is 6.33. The van der Waals surface area contributed by atoms with Gasteiger partial charge in [0.25, 0.3) is 0 Å². The Kier molecular flexibility index (Phi) is 3.85. The Morgan fingerprint density at radius 2 is 1.83 bits per heavy atom. The first kappa shape index (κ1) is 15.1. The van der Waals surface area contributed by atoms with E-state index in [9.17, 15) is 9.90 Å². The first-order valence-corrected chi connectivity index (χ1v) is 8.63. The van der Waals surface area contributed by atoms with E-state index in [1.54, 1.807) is 0 Å². The molecular weight excluding hydrogens is 318 g/mol. The summed E-state index contributed by atoms with van der Waals surface area (Å²) in [5, 5.41) is 13.3. The number of carboxylic acid groups (broad SMARTS) is 1. The molecule has 0 radical (unpaired) electrons. The Morgan fingerprint density at radius 1 is 1.13 bits per heavy atom. The number of nitrogens with one attached hydrogen (secondary N) is 1. The summed E-state index contributed by atoms with van der Waals surface area (Å²) < 4.78 is 11.8. The summed E-state index contributed by atoms with van der Waals surface area (Å²) in [4.78, 5) is 11.3. The summed E-state index contributed by atoms with van der Waals surface area (Å²) in [6.07, 6.45) is 4.26. The van der Waals surface area contributed by atoms with Crippen molar-refractivity contribution in [3.8, 4) is 11.5 Å². The molecule has 0 bridgehead atoms. The van der Waals surface area contributed by atoms with E-state index in [4.69, 9.17) is 21.1 Å². The fourth-order valence-corrected chi connectivity index (χ4v) is 4.29. The van der Waals surface area contributed by atoms with Gasteiger partial charge >= 0.3 is 5.97 Å². The molecule has 0 amide bonds. The minimum absolute atomic E-state index is 0.00401. The summed E-state index contributed by atoms with van der Waals surface area (Å²) in [5.41, 5.74) is 3.21. The van der Waals surface area contributed by atoms with Crippen LogP contribution in [0.3, 0.4) is 0 Å². The number of hydrogen-bond acceptors (Lipinski definition) is 4. The fourth-order valence-electron chi connectivity index (χ4n) is 3.94. The van der Waals surface area contributed by atoms with Gasteiger partial charge in [0, 0.05) is 29.3 Å². The number of halogens is 1. The van der Waals surface area contributed by atoms with Gasteiger partial charge in [-0.25, -0.2) is 0 Å². The third-order valence-electron chi connectivity index (χ3n) is 5.05. The molecule has 124 valence electrons. The Balaban J connectivity index is 1.83. The molecule has 2 N–H and O–H groups in total. The Hall–Kier alpha value is -1.46. The standard InChI is InChI=1S/C17H20ClNO4/c18-14-11-4-2-5-22-15(11)13(10-3-1-6-23-16(10)14)12-7-9(8-19-12)17(20)21/h9,12,19H,1-8H2,(H,20,21). The topological polar surface area (TPSA) is 67.8 Å². The molecule has 1 fully saturated rings. The molecule has 6 heteroatoms. The van der Waals surface area contributed by atoms with Gasteiger partial charge in [-0.2, -0.15) is 0 Å². The number of rotatable bonds is 2. The maximum atomic E-state index is 11.3. The Bertz CT molecular complexity index is 623. The maximum absolute atomic E-state index is 11.3. The fraction of sp³-hybridized carbons (Fsp3) is 0.588. The lowest BCUT2D eigenvalue weighted by molar-refractivity contribution is -0.141. The molecule has 0 saturated carbocycles. The van der Waals surface area contributed by atoms with Crippen LogP contribution in [0.4, 0.5) is 0 Å². The van der Waals surface area contributed by atoms with E-state index in [1.165, 1.54) is 0 Å². The van der Waals surface area contributed by atoms with Gasteiger partial charge in [0.05, 0.1) is 24.2 Å². The summed E-state index contributed by atoms with van der Waals surface area (Å²) >= 11 is 6.58. The molecule has 3 aliphatic heterocycles. The Morgan fingerprint density at radius 3 is 2.52 bits per heavy atom. The van der Waals surface area contributed by atoms with E-state index in [0.29, 0.717) is 31.2 Å². The van der Waals surface area contributed by atoms with Gasteiger partial charge in [0.15, 0.2) is 0 Å². The summed E-state index contributed by atoms with van der Waals surface area (Å²) in [7, 11) is 0. The molecule has 5 nitrogen and oxygen atoms in total. The molecule has 0 spiro atoms. The van der Waals surface area contributed by atoms with Gasteiger partial charge in [-0.1, -0.05) is 11.6 Å². The van der Waals surface area contributed by atoms with Gasteiger partial charge in [-0.15, -0.1) is 0 Å². The minimum Gasteiger partial charge on any atom is -0.493 e. The Labute approximate surface area is 139 Å². The zero-order valence-electron chi connectivity index (χ0n) is 12.9. The zero-order valence-corrected chi connectivity index (χ0v) is 13.6. The number of carbonyl (C=O) groups is 1. The van der Waals surface area contributed by atoms with E-state index < -0.39 is 5.97 Å². The van der Waals surface area contributed by atoms with Crippen LogP contribution >= 0.6 is 11.6 Å². The van der Waals surface area contributed by atoms with Gasteiger partial charge in [-0.05, 0) is 32.1 Å². The van der Waals surface area contributed by atoms with Crippen molar-refractivity contribution in [1.29, 1.82) is 0 Å². The number of aliphatic carboxylic acids is 1. The van der Waals surface area contributed by atoms with Crippen molar-refractivity contribution in [3.05, 3.63) is 21.7 Å². The SMILES string of the molecule is O=C(O)C1CNC(c2c3c(c(Cl)c4c2OCCC4)OCCC3)C1. The van der Waals surface area contributed by atoms with Gasteiger partial charge in [0.2, 0.25) is 0 Å². The average molecular weight is 338 g/mol. The zero-order chi connectivity index (χ0) is 16.0. The third-order valence-corrected chi connectivity index (χ3v) is 5.45. The molecular formula is C17H20ClNO4. The predicted molar refractivity (Wildman–Crippen MR) is 85.6 cm³/mol. The molecule has 1 aromatic rings. The molecule has 2 unspecified atom stereocenters. The van der Waals surface area contributed by atoms with Gasteiger partial charge in [-0.3, -0.25) is 4.79 Å². The van der Waals surface area contributed by atoms with Crippen molar-refractivity contribution in [2.45, 2.75) is 38.1 Å². The maximum Gasteiger partial charge on any atom is 0.307 e. The van der Waals surface area contributed by atoms with E-state index in [0.717, 1.165) is 53.9 Å². The lowest BCUT2D eigenvalue weighted by Gasteiger charge is -2.31. The second-order valence-corrected chi connectivity index (χ2v) is 6.86. The van der Waals surface area contributed by atoms with E-state index in [1.807, 2.05) is 0 Å². The van der Waals surface area contributed by atoms with Crippen LogP contribution in [0.1, 0.15) is 42.0 Å². The van der Waals surface area contributed by atoms with Crippen LogP contribution in [-0.4, -0.2) is 30.8 Å². The summed E-state index contributed by atoms with van der Waals surface area (Å²) in [6, 6.07) is -0.00401. The molecule has 3 aliphatic rings. The normalized spacial score (nSPS) is 26.0. The average Bonchev–Trinajstić information content (AvgIpc) is 3.05. The minimum atomic E-state index is -0.742. The molecule has 23 heavy (non-hydrogen) atoms. The lowest BCUT2D eigenvalue weighted by atomic mass is 9.87.